The first kappa shape index (κ1) is 18.1. The van der Waals surface area contributed by atoms with Crippen molar-refractivity contribution >= 4 is 33.0 Å². The molecule has 1 fully saturated rings. The molecule has 0 unspecified atom stereocenters. The highest BCUT2D eigenvalue weighted by Crippen LogP contribution is 2.21. The van der Waals surface area contributed by atoms with Crippen LogP contribution in [0.15, 0.2) is 22.4 Å². The molecule has 1 saturated heterocycles. The molecule has 0 spiro atoms. The van der Waals surface area contributed by atoms with E-state index in [9.17, 15) is 8.42 Å². The minimum Gasteiger partial charge on any atom is -0.369 e. The Morgan fingerprint density at radius 2 is 1.92 bits per heavy atom. The molecular weight excluding hydrogens is 358 g/mol. The van der Waals surface area contributed by atoms with Gasteiger partial charge in [-0.1, -0.05) is 0 Å². The SMILES string of the molecule is Cc1nc(NCCNS(=O)(=O)c2ccc(C)s2)cc(N2CCCC2)n1. The second-order valence-electron chi connectivity index (χ2n) is 6.04. The number of rotatable bonds is 7. The lowest BCUT2D eigenvalue weighted by atomic mass is 10.4. The summed E-state index contributed by atoms with van der Waals surface area (Å²) in [5.74, 6) is 2.37. The van der Waals surface area contributed by atoms with E-state index >= 15 is 0 Å². The summed E-state index contributed by atoms with van der Waals surface area (Å²) in [6.45, 7) is 6.56. The third kappa shape index (κ3) is 4.68. The molecule has 0 atom stereocenters. The van der Waals surface area contributed by atoms with Crippen LogP contribution in [0.1, 0.15) is 23.5 Å². The van der Waals surface area contributed by atoms with E-state index < -0.39 is 10.0 Å². The second kappa shape index (κ2) is 7.67. The molecule has 2 N–H and O–H groups in total. The van der Waals surface area contributed by atoms with E-state index in [0.717, 1.165) is 29.6 Å². The van der Waals surface area contributed by atoms with Crippen molar-refractivity contribution in [3.63, 3.8) is 0 Å². The zero-order valence-electron chi connectivity index (χ0n) is 14.4. The summed E-state index contributed by atoms with van der Waals surface area (Å²) in [5, 5.41) is 3.18. The van der Waals surface area contributed by atoms with E-state index in [2.05, 4.69) is 24.9 Å². The van der Waals surface area contributed by atoms with Crippen LogP contribution >= 0.6 is 11.3 Å². The highest BCUT2D eigenvalue weighted by molar-refractivity contribution is 7.91. The summed E-state index contributed by atoms with van der Waals surface area (Å²) < 4.78 is 27.3. The van der Waals surface area contributed by atoms with Crippen LogP contribution in [-0.2, 0) is 10.0 Å². The van der Waals surface area contributed by atoms with Gasteiger partial charge in [0.1, 0.15) is 21.7 Å². The number of thiophene rings is 1. The molecule has 1 aliphatic rings. The Labute approximate surface area is 152 Å². The van der Waals surface area contributed by atoms with Gasteiger partial charge in [-0.2, -0.15) is 0 Å². The number of sulfonamides is 1. The van der Waals surface area contributed by atoms with Crippen LogP contribution in [0, 0.1) is 13.8 Å². The third-order valence-corrected chi connectivity index (χ3v) is 6.91. The smallest absolute Gasteiger partial charge is 0.250 e. The van der Waals surface area contributed by atoms with Crippen LogP contribution in [0.3, 0.4) is 0 Å². The standard InChI is InChI=1S/C16H23N5O2S2/c1-12-5-6-16(24-12)25(22,23)18-8-7-17-14-11-15(20-13(2)19-14)21-9-3-4-10-21/h5-6,11,18H,3-4,7-10H2,1-2H3,(H,17,19,20). The van der Waals surface area contributed by atoms with Gasteiger partial charge in [-0.3, -0.25) is 0 Å². The average Bonchev–Trinajstić information content (AvgIpc) is 3.23. The highest BCUT2D eigenvalue weighted by Gasteiger charge is 2.16. The van der Waals surface area contributed by atoms with Crippen LogP contribution in [0.25, 0.3) is 0 Å². The molecule has 136 valence electrons. The maximum Gasteiger partial charge on any atom is 0.250 e. The molecule has 3 rings (SSSR count). The van der Waals surface area contributed by atoms with E-state index in [1.807, 2.05) is 19.9 Å². The Balaban J connectivity index is 1.55. The maximum atomic E-state index is 12.2. The lowest BCUT2D eigenvalue weighted by molar-refractivity contribution is 0.585. The van der Waals surface area contributed by atoms with Crippen molar-refractivity contribution in [2.24, 2.45) is 0 Å². The van der Waals surface area contributed by atoms with Gasteiger partial charge in [-0.25, -0.2) is 23.1 Å². The van der Waals surface area contributed by atoms with Gasteiger partial charge in [-0.05, 0) is 38.8 Å². The topological polar surface area (TPSA) is 87.2 Å². The van der Waals surface area contributed by atoms with Crippen molar-refractivity contribution < 1.29 is 8.42 Å². The maximum absolute atomic E-state index is 12.2. The van der Waals surface area contributed by atoms with Gasteiger partial charge < -0.3 is 10.2 Å². The Hall–Kier alpha value is -1.71. The second-order valence-corrected chi connectivity index (χ2v) is 9.32. The largest absolute Gasteiger partial charge is 0.369 e. The van der Waals surface area contributed by atoms with E-state index in [1.165, 1.54) is 24.2 Å². The average molecular weight is 382 g/mol. The number of nitrogens with one attached hydrogen (secondary N) is 2. The summed E-state index contributed by atoms with van der Waals surface area (Å²) in [6, 6.07) is 5.36. The molecule has 0 bridgehead atoms. The van der Waals surface area contributed by atoms with Crippen LogP contribution in [-0.4, -0.2) is 44.6 Å². The molecule has 7 nitrogen and oxygen atoms in total. The molecule has 0 amide bonds. The van der Waals surface area contributed by atoms with Gasteiger partial charge >= 0.3 is 0 Å². The van der Waals surface area contributed by atoms with Crippen molar-refractivity contribution in [1.29, 1.82) is 0 Å². The number of anilines is 2. The van der Waals surface area contributed by atoms with E-state index in [0.29, 0.717) is 23.1 Å². The summed E-state index contributed by atoms with van der Waals surface area (Å²) in [4.78, 5) is 12.1. The molecule has 2 aromatic rings. The summed E-state index contributed by atoms with van der Waals surface area (Å²) in [7, 11) is -3.44. The van der Waals surface area contributed by atoms with Gasteiger partial charge in [0.25, 0.3) is 0 Å². The highest BCUT2D eigenvalue weighted by atomic mass is 32.2. The Bertz CT molecular complexity index is 829. The van der Waals surface area contributed by atoms with Crippen LogP contribution in [0.5, 0.6) is 0 Å². The summed E-state index contributed by atoms with van der Waals surface area (Å²) >= 11 is 1.27. The minimum atomic E-state index is -3.44. The van der Waals surface area contributed by atoms with Gasteiger partial charge in [0.15, 0.2) is 0 Å². The molecule has 0 radical (unpaired) electrons. The first-order valence-electron chi connectivity index (χ1n) is 8.35. The molecule has 2 aromatic heterocycles. The fourth-order valence-corrected chi connectivity index (χ4v) is 5.11. The number of nitrogens with zero attached hydrogens (tertiary/aromatic N) is 3. The zero-order valence-corrected chi connectivity index (χ0v) is 16.1. The summed E-state index contributed by atoms with van der Waals surface area (Å²) in [5.41, 5.74) is 0. The summed E-state index contributed by atoms with van der Waals surface area (Å²) in [6.07, 6.45) is 2.38. The zero-order chi connectivity index (χ0) is 17.9. The molecule has 0 aromatic carbocycles. The monoisotopic (exact) mass is 381 g/mol. The van der Waals surface area contributed by atoms with Gasteiger partial charge in [0.05, 0.1) is 0 Å². The Kier molecular flexibility index (Phi) is 5.55. The lowest BCUT2D eigenvalue weighted by Gasteiger charge is -2.17. The van der Waals surface area contributed by atoms with E-state index in [-0.39, 0.29) is 0 Å². The molecule has 3 heterocycles. The number of hydrogen-bond acceptors (Lipinski definition) is 7. The van der Waals surface area contributed by atoms with Gasteiger partial charge in [0, 0.05) is 37.1 Å². The third-order valence-electron chi connectivity index (χ3n) is 3.96. The molecule has 9 heteroatoms. The number of aryl methyl sites for hydroxylation is 2. The van der Waals surface area contributed by atoms with Crippen molar-refractivity contribution in [3.8, 4) is 0 Å². The predicted molar refractivity (Wildman–Crippen MR) is 101 cm³/mol. The van der Waals surface area contributed by atoms with Crippen LogP contribution in [0.4, 0.5) is 11.6 Å². The normalized spacial score (nSPS) is 14.9. The molecule has 25 heavy (non-hydrogen) atoms. The lowest BCUT2D eigenvalue weighted by Crippen LogP contribution is -2.28. The number of hydrogen-bond donors (Lipinski definition) is 2. The van der Waals surface area contributed by atoms with Gasteiger partial charge in [0.2, 0.25) is 10.0 Å². The first-order chi connectivity index (χ1) is 11.9. The van der Waals surface area contributed by atoms with E-state index in [4.69, 9.17) is 0 Å². The Morgan fingerprint density at radius 3 is 2.60 bits per heavy atom. The molecule has 0 saturated carbocycles. The van der Waals surface area contributed by atoms with Gasteiger partial charge in [-0.15, -0.1) is 11.3 Å². The van der Waals surface area contributed by atoms with Crippen molar-refractivity contribution in [1.82, 2.24) is 14.7 Å². The van der Waals surface area contributed by atoms with Crippen molar-refractivity contribution in [3.05, 3.63) is 28.9 Å². The predicted octanol–water partition coefficient (Wildman–Crippen LogP) is 2.15. The fourth-order valence-electron chi connectivity index (χ4n) is 2.75. The quantitative estimate of drug-likeness (QED) is 0.715. The molecule has 1 aliphatic heterocycles. The van der Waals surface area contributed by atoms with E-state index in [1.54, 1.807) is 12.1 Å². The van der Waals surface area contributed by atoms with Crippen molar-refractivity contribution in [2.75, 3.05) is 36.4 Å². The van der Waals surface area contributed by atoms with Crippen LogP contribution < -0.4 is 14.9 Å². The molecule has 0 aliphatic carbocycles. The first-order valence-corrected chi connectivity index (χ1v) is 10.6. The Morgan fingerprint density at radius 1 is 1.16 bits per heavy atom. The molecular formula is C16H23N5O2S2. The minimum absolute atomic E-state index is 0.293. The number of aromatic nitrogens is 2. The fraction of sp³-hybridized carbons (Fsp3) is 0.500. The van der Waals surface area contributed by atoms with Crippen LogP contribution in [0.2, 0.25) is 0 Å². The van der Waals surface area contributed by atoms with Crippen molar-refractivity contribution in [2.45, 2.75) is 30.9 Å².